The lowest BCUT2D eigenvalue weighted by molar-refractivity contribution is -0.134. The standard InChI is InChI=1S/C8H16N2O2/c1-4-9-8(12)6-10(5-2)7(3)11/h4-6H2,1-3H3,(H,9,12). The third-order valence-electron chi connectivity index (χ3n) is 1.54. The van der Waals surface area contributed by atoms with Crippen molar-refractivity contribution in [2.45, 2.75) is 20.8 Å². The summed E-state index contributed by atoms with van der Waals surface area (Å²) in [6, 6.07) is 0. The molecule has 0 aliphatic heterocycles. The van der Waals surface area contributed by atoms with Crippen LogP contribution in [0.15, 0.2) is 0 Å². The van der Waals surface area contributed by atoms with Gasteiger partial charge in [0, 0.05) is 20.0 Å². The molecule has 4 heteroatoms. The average Bonchev–Trinajstić information content (AvgIpc) is 2.00. The zero-order valence-electron chi connectivity index (χ0n) is 7.89. The summed E-state index contributed by atoms with van der Waals surface area (Å²) in [6.45, 7) is 6.51. The highest BCUT2D eigenvalue weighted by atomic mass is 16.2. The van der Waals surface area contributed by atoms with Crippen LogP contribution in [0, 0.1) is 0 Å². The van der Waals surface area contributed by atoms with E-state index < -0.39 is 0 Å². The van der Waals surface area contributed by atoms with Gasteiger partial charge in [0.15, 0.2) is 0 Å². The molecule has 0 fully saturated rings. The molecule has 4 nitrogen and oxygen atoms in total. The Labute approximate surface area is 72.9 Å². The Kier molecular flexibility index (Phi) is 5.08. The molecular weight excluding hydrogens is 156 g/mol. The maximum Gasteiger partial charge on any atom is 0.239 e. The van der Waals surface area contributed by atoms with Gasteiger partial charge in [-0.25, -0.2) is 0 Å². The summed E-state index contributed by atoms with van der Waals surface area (Å²) in [5.74, 6) is -0.168. The summed E-state index contributed by atoms with van der Waals surface area (Å²) >= 11 is 0. The normalized spacial score (nSPS) is 9.25. The van der Waals surface area contributed by atoms with E-state index in [1.165, 1.54) is 11.8 Å². The van der Waals surface area contributed by atoms with E-state index in [0.717, 1.165) is 0 Å². The predicted octanol–water partition coefficient (Wildman–Crippen LogP) is -0.00910. The van der Waals surface area contributed by atoms with Gasteiger partial charge in [-0.15, -0.1) is 0 Å². The Morgan fingerprint density at radius 3 is 2.25 bits per heavy atom. The summed E-state index contributed by atoms with van der Waals surface area (Å²) in [5, 5.41) is 2.63. The van der Waals surface area contributed by atoms with Gasteiger partial charge in [-0.05, 0) is 13.8 Å². The second-order valence-corrected chi connectivity index (χ2v) is 2.49. The van der Waals surface area contributed by atoms with Gasteiger partial charge < -0.3 is 10.2 Å². The summed E-state index contributed by atoms with van der Waals surface area (Å²) in [5.41, 5.74) is 0. The fourth-order valence-corrected chi connectivity index (χ4v) is 0.872. The van der Waals surface area contributed by atoms with Crippen LogP contribution in [-0.4, -0.2) is 36.3 Å². The van der Waals surface area contributed by atoms with E-state index in [-0.39, 0.29) is 18.4 Å². The first-order chi connectivity index (χ1) is 5.61. The van der Waals surface area contributed by atoms with E-state index in [0.29, 0.717) is 13.1 Å². The Hall–Kier alpha value is -1.06. The first-order valence-electron chi connectivity index (χ1n) is 4.14. The number of nitrogens with zero attached hydrogens (tertiary/aromatic N) is 1. The fraction of sp³-hybridized carbons (Fsp3) is 0.750. The van der Waals surface area contributed by atoms with Crippen molar-refractivity contribution in [3.63, 3.8) is 0 Å². The molecule has 0 saturated carbocycles. The number of rotatable bonds is 4. The Morgan fingerprint density at radius 1 is 1.33 bits per heavy atom. The Morgan fingerprint density at radius 2 is 1.92 bits per heavy atom. The topological polar surface area (TPSA) is 49.4 Å². The fourth-order valence-electron chi connectivity index (χ4n) is 0.872. The molecule has 0 rings (SSSR count). The molecule has 70 valence electrons. The SMILES string of the molecule is CCNC(=O)CN(CC)C(C)=O. The monoisotopic (exact) mass is 172 g/mol. The molecule has 0 aromatic rings. The largest absolute Gasteiger partial charge is 0.355 e. The smallest absolute Gasteiger partial charge is 0.239 e. The molecule has 12 heavy (non-hydrogen) atoms. The number of nitrogens with one attached hydrogen (secondary N) is 1. The van der Waals surface area contributed by atoms with Crippen molar-refractivity contribution in [3.05, 3.63) is 0 Å². The second-order valence-electron chi connectivity index (χ2n) is 2.49. The average molecular weight is 172 g/mol. The molecule has 2 amide bonds. The van der Waals surface area contributed by atoms with Crippen LogP contribution in [-0.2, 0) is 9.59 Å². The highest BCUT2D eigenvalue weighted by Crippen LogP contribution is 1.87. The van der Waals surface area contributed by atoms with E-state index in [1.54, 1.807) is 0 Å². The summed E-state index contributed by atoms with van der Waals surface area (Å²) < 4.78 is 0. The number of amides is 2. The molecule has 0 aliphatic carbocycles. The highest BCUT2D eigenvalue weighted by Gasteiger charge is 2.09. The maximum atomic E-state index is 11.0. The van der Waals surface area contributed by atoms with Crippen molar-refractivity contribution < 1.29 is 9.59 Å². The second kappa shape index (κ2) is 5.57. The van der Waals surface area contributed by atoms with E-state index in [1.807, 2.05) is 13.8 Å². The number of carbonyl (C=O) groups excluding carboxylic acids is 2. The summed E-state index contributed by atoms with van der Waals surface area (Å²) in [4.78, 5) is 23.4. The molecule has 0 heterocycles. The lowest BCUT2D eigenvalue weighted by atomic mass is 10.4. The van der Waals surface area contributed by atoms with Gasteiger partial charge in [0.25, 0.3) is 0 Å². The van der Waals surface area contributed by atoms with Crippen LogP contribution in [0.3, 0.4) is 0 Å². The van der Waals surface area contributed by atoms with Crippen molar-refractivity contribution in [2.75, 3.05) is 19.6 Å². The van der Waals surface area contributed by atoms with Crippen molar-refractivity contribution in [1.82, 2.24) is 10.2 Å². The van der Waals surface area contributed by atoms with E-state index >= 15 is 0 Å². The minimum absolute atomic E-state index is 0.0660. The molecule has 0 spiro atoms. The van der Waals surface area contributed by atoms with Crippen LogP contribution in [0.25, 0.3) is 0 Å². The predicted molar refractivity (Wildman–Crippen MR) is 46.6 cm³/mol. The van der Waals surface area contributed by atoms with Crippen molar-refractivity contribution in [1.29, 1.82) is 0 Å². The molecule has 0 aliphatic rings. The van der Waals surface area contributed by atoms with Crippen LogP contribution in [0.5, 0.6) is 0 Å². The molecule has 0 unspecified atom stereocenters. The molecule has 0 aromatic heterocycles. The first-order valence-corrected chi connectivity index (χ1v) is 4.14. The molecule has 0 saturated heterocycles. The number of hydrogen-bond acceptors (Lipinski definition) is 2. The first kappa shape index (κ1) is 10.9. The van der Waals surface area contributed by atoms with Crippen molar-refractivity contribution in [3.8, 4) is 0 Å². The lowest BCUT2D eigenvalue weighted by Gasteiger charge is -2.17. The van der Waals surface area contributed by atoms with Gasteiger partial charge in [0.05, 0.1) is 6.54 Å². The van der Waals surface area contributed by atoms with Gasteiger partial charge in [0.1, 0.15) is 0 Å². The summed E-state index contributed by atoms with van der Waals surface area (Å²) in [6.07, 6.45) is 0. The van der Waals surface area contributed by atoms with Crippen LogP contribution in [0.4, 0.5) is 0 Å². The van der Waals surface area contributed by atoms with Gasteiger partial charge in [-0.3, -0.25) is 9.59 Å². The van der Waals surface area contributed by atoms with Gasteiger partial charge in [0.2, 0.25) is 11.8 Å². The third kappa shape index (κ3) is 3.95. The molecular formula is C8H16N2O2. The van der Waals surface area contributed by atoms with Gasteiger partial charge in [-0.1, -0.05) is 0 Å². The highest BCUT2D eigenvalue weighted by molar-refractivity contribution is 5.83. The third-order valence-corrected chi connectivity index (χ3v) is 1.54. The zero-order valence-corrected chi connectivity index (χ0v) is 7.89. The maximum absolute atomic E-state index is 11.0. The van der Waals surface area contributed by atoms with Gasteiger partial charge >= 0.3 is 0 Å². The Balaban J connectivity index is 3.85. The van der Waals surface area contributed by atoms with Crippen molar-refractivity contribution >= 4 is 11.8 Å². The number of carbonyl (C=O) groups is 2. The molecule has 0 bridgehead atoms. The van der Waals surface area contributed by atoms with E-state index in [4.69, 9.17) is 0 Å². The quantitative estimate of drug-likeness (QED) is 0.648. The minimum Gasteiger partial charge on any atom is -0.355 e. The molecule has 1 N–H and O–H groups in total. The number of hydrogen-bond donors (Lipinski definition) is 1. The Bertz CT molecular complexity index is 168. The molecule has 0 atom stereocenters. The van der Waals surface area contributed by atoms with Crippen LogP contribution < -0.4 is 5.32 Å². The van der Waals surface area contributed by atoms with Crippen LogP contribution in [0.2, 0.25) is 0 Å². The summed E-state index contributed by atoms with van der Waals surface area (Å²) in [7, 11) is 0. The number of likely N-dealkylation sites (N-methyl/N-ethyl adjacent to an activating group) is 2. The van der Waals surface area contributed by atoms with E-state index in [2.05, 4.69) is 5.32 Å². The molecule has 0 radical (unpaired) electrons. The van der Waals surface area contributed by atoms with Crippen molar-refractivity contribution in [2.24, 2.45) is 0 Å². The minimum atomic E-state index is -0.102. The van der Waals surface area contributed by atoms with Gasteiger partial charge in [-0.2, -0.15) is 0 Å². The van der Waals surface area contributed by atoms with E-state index in [9.17, 15) is 9.59 Å². The zero-order chi connectivity index (χ0) is 9.56. The molecule has 0 aromatic carbocycles. The van der Waals surface area contributed by atoms with Crippen LogP contribution in [0.1, 0.15) is 20.8 Å². The lowest BCUT2D eigenvalue weighted by Crippen LogP contribution is -2.39. The van der Waals surface area contributed by atoms with Crippen LogP contribution >= 0.6 is 0 Å².